The molecule has 0 saturated heterocycles. The summed E-state index contributed by atoms with van der Waals surface area (Å²) >= 11 is 3.23. The SMILES string of the molecule is C.O=S(=O)(Cl)c1cnc2ccc(Br)cn12. The minimum Gasteiger partial charge on any atom is -0.288 e. The summed E-state index contributed by atoms with van der Waals surface area (Å²) in [7, 11) is 1.48. The van der Waals surface area contributed by atoms with E-state index in [1.165, 1.54) is 10.6 Å². The number of aromatic nitrogens is 2. The lowest BCUT2D eigenvalue weighted by molar-refractivity contribution is 0.605. The largest absolute Gasteiger partial charge is 0.288 e. The predicted octanol–water partition coefficient (Wildman–Crippen LogP) is 2.66. The average Bonchev–Trinajstić information content (AvgIpc) is 2.45. The molecule has 0 aromatic carbocycles. The molecule has 2 aromatic rings. The van der Waals surface area contributed by atoms with Crippen LogP contribution in [0, 0.1) is 0 Å². The smallest absolute Gasteiger partial charge is 0.278 e. The number of hydrogen-bond donors (Lipinski definition) is 0. The van der Waals surface area contributed by atoms with Crippen LogP contribution in [-0.2, 0) is 9.05 Å². The van der Waals surface area contributed by atoms with Crippen molar-refractivity contribution in [2.45, 2.75) is 12.5 Å². The van der Waals surface area contributed by atoms with Gasteiger partial charge in [0.1, 0.15) is 5.65 Å². The van der Waals surface area contributed by atoms with Crippen LogP contribution in [0.25, 0.3) is 5.65 Å². The molecule has 0 aliphatic carbocycles. The Labute approximate surface area is 100 Å². The van der Waals surface area contributed by atoms with Crippen molar-refractivity contribution in [2.24, 2.45) is 0 Å². The minimum absolute atomic E-state index is 0. The maximum atomic E-state index is 11.1. The van der Waals surface area contributed by atoms with Crippen LogP contribution >= 0.6 is 26.6 Å². The van der Waals surface area contributed by atoms with E-state index in [1.54, 1.807) is 18.3 Å². The van der Waals surface area contributed by atoms with E-state index >= 15 is 0 Å². The molecule has 82 valence electrons. The number of halogens is 2. The first-order valence-corrected chi connectivity index (χ1v) is 6.66. The zero-order valence-electron chi connectivity index (χ0n) is 6.68. The van der Waals surface area contributed by atoms with Gasteiger partial charge in [-0.3, -0.25) is 4.40 Å². The van der Waals surface area contributed by atoms with Crippen molar-refractivity contribution in [3.8, 4) is 0 Å². The maximum Gasteiger partial charge on any atom is 0.278 e. The second-order valence-electron chi connectivity index (χ2n) is 2.61. The van der Waals surface area contributed by atoms with Crippen molar-refractivity contribution in [1.82, 2.24) is 9.38 Å². The summed E-state index contributed by atoms with van der Waals surface area (Å²) in [4.78, 5) is 3.90. The molecule has 7 heteroatoms. The monoisotopic (exact) mass is 310 g/mol. The van der Waals surface area contributed by atoms with Gasteiger partial charge in [0.25, 0.3) is 9.05 Å². The topological polar surface area (TPSA) is 51.4 Å². The van der Waals surface area contributed by atoms with E-state index in [0.717, 1.165) is 4.47 Å². The van der Waals surface area contributed by atoms with Gasteiger partial charge in [0.2, 0.25) is 0 Å². The number of nitrogens with zero attached hydrogens (tertiary/aromatic N) is 2. The molecule has 0 N–H and O–H groups in total. The fraction of sp³-hybridized carbons (Fsp3) is 0.125. The number of pyridine rings is 1. The van der Waals surface area contributed by atoms with Crippen LogP contribution in [0.5, 0.6) is 0 Å². The maximum absolute atomic E-state index is 11.1. The summed E-state index contributed by atoms with van der Waals surface area (Å²) in [5, 5.41) is -0.0320. The lowest BCUT2D eigenvalue weighted by atomic mass is 10.5. The molecule has 0 spiro atoms. The van der Waals surface area contributed by atoms with Crippen molar-refractivity contribution >= 4 is 41.3 Å². The standard InChI is InChI=1S/C7H4BrClN2O2S.CH4/c8-5-1-2-6-10-3-7(11(6)4-5)14(9,12)13;/h1-4H;1H4. The molecular weight excluding hydrogens is 304 g/mol. The third kappa shape index (κ3) is 2.32. The number of rotatable bonds is 1. The molecule has 2 heterocycles. The lowest BCUT2D eigenvalue weighted by Crippen LogP contribution is -1.96. The lowest BCUT2D eigenvalue weighted by Gasteiger charge is -1.97. The highest BCUT2D eigenvalue weighted by atomic mass is 79.9. The highest BCUT2D eigenvalue weighted by molar-refractivity contribution is 9.10. The molecule has 0 unspecified atom stereocenters. The van der Waals surface area contributed by atoms with Crippen molar-refractivity contribution in [3.63, 3.8) is 0 Å². The van der Waals surface area contributed by atoms with E-state index in [1.807, 2.05) is 0 Å². The first-order chi connectivity index (χ1) is 6.48. The molecule has 2 rings (SSSR count). The number of fused-ring (bicyclic) bond motifs is 1. The molecule has 2 aromatic heterocycles. The Morgan fingerprint density at radius 2 is 2.07 bits per heavy atom. The van der Waals surface area contributed by atoms with E-state index in [0.29, 0.717) is 5.65 Å². The molecule has 0 radical (unpaired) electrons. The summed E-state index contributed by atoms with van der Waals surface area (Å²) < 4.78 is 24.4. The average molecular weight is 312 g/mol. The third-order valence-corrected chi connectivity index (χ3v) is 3.43. The summed E-state index contributed by atoms with van der Waals surface area (Å²) in [6.07, 6.45) is 2.82. The summed E-state index contributed by atoms with van der Waals surface area (Å²) in [5.41, 5.74) is 0.535. The molecular formula is C8H8BrClN2O2S. The van der Waals surface area contributed by atoms with Gasteiger partial charge in [0.05, 0.1) is 6.20 Å². The zero-order chi connectivity index (χ0) is 10.3. The molecule has 0 atom stereocenters. The van der Waals surface area contributed by atoms with Gasteiger partial charge in [-0.1, -0.05) is 7.43 Å². The van der Waals surface area contributed by atoms with Gasteiger partial charge < -0.3 is 0 Å². The van der Waals surface area contributed by atoms with Gasteiger partial charge in [-0.05, 0) is 28.1 Å². The van der Waals surface area contributed by atoms with Gasteiger partial charge in [0, 0.05) is 21.4 Å². The van der Waals surface area contributed by atoms with Gasteiger partial charge in [0.15, 0.2) is 5.03 Å². The Hall–Kier alpha value is -0.590. The predicted molar refractivity (Wildman–Crippen MR) is 62.7 cm³/mol. The van der Waals surface area contributed by atoms with Gasteiger partial charge >= 0.3 is 0 Å². The molecule has 0 aliphatic heterocycles. The first-order valence-electron chi connectivity index (χ1n) is 3.56. The Balaban J connectivity index is 0.00000112. The molecule has 0 bridgehead atoms. The van der Waals surface area contributed by atoms with Crippen molar-refractivity contribution in [3.05, 3.63) is 29.0 Å². The molecule has 4 nitrogen and oxygen atoms in total. The van der Waals surface area contributed by atoms with Gasteiger partial charge in [-0.2, -0.15) is 0 Å². The normalized spacial score (nSPS) is 11.3. The van der Waals surface area contributed by atoms with Crippen LogP contribution in [0.3, 0.4) is 0 Å². The molecule has 15 heavy (non-hydrogen) atoms. The van der Waals surface area contributed by atoms with Crippen molar-refractivity contribution < 1.29 is 8.42 Å². The highest BCUT2D eigenvalue weighted by Crippen LogP contribution is 2.19. The molecule has 0 amide bonds. The van der Waals surface area contributed by atoms with E-state index in [4.69, 9.17) is 10.7 Å². The minimum atomic E-state index is -3.75. The van der Waals surface area contributed by atoms with Gasteiger partial charge in [-0.25, -0.2) is 13.4 Å². The highest BCUT2D eigenvalue weighted by Gasteiger charge is 2.15. The summed E-state index contributed by atoms with van der Waals surface area (Å²) in [6.45, 7) is 0. The van der Waals surface area contributed by atoms with E-state index < -0.39 is 9.05 Å². The summed E-state index contributed by atoms with van der Waals surface area (Å²) in [6, 6.07) is 3.46. The van der Waals surface area contributed by atoms with Crippen LogP contribution in [0.4, 0.5) is 0 Å². The number of imidazole rings is 1. The quantitative estimate of drug-likeness (QED) is 0.761. The Morgan fingerprint density at radius 1 is 1.40 bits per heavy atom. The van der Waals surface area contributed by atoms with E-state index in [2.05, 4.69) is 20.9 Å². The fourth-order valence-electron chi connectivity index (χ4n) is 1.11. The molecule has 0 fully saturated rings. The van der Waals surface area contributed by atoms with Crippen LogP contribution in [0.2, 0.25) is 0 Å². The second-order valence-corrected chi connectivity index (χ2v) is 6.04. The molecule has 0 aliphatic rings. The Morgan fingerprint density at radius 3 is 2.67 bits per heavy atom. The molecule has 0 saturated carbocycles. The van der Waals surface area contributed by atoms with Crippen LogP contribution in [0.15, 0.2) is 34.0 Å². The van der Waals surface area contributed by atoms with Crippen molar-refractivity contribution in [1.29, 1.82) is 0 Å². The van der Waals surface area contributed by atoms with Gasteiger partial charge in [-0.15, -0.1) is 0 Å². The number of hydrogen-bond acceptors (Lipinski definition) is 3. The van der Waals surface area contributed by atoms with Crippen molar-refractivity contribution in [2.75, 3.05) is 0 Å². The summed E-state index contributed by atoms with van der Waals surface area (Å²) in [5.74, 6) is 0. The van der Waals surface area contributed by atoms with E-state index in [-0.39, 0.29) is 12.5 Å². The third-order valence-electron chi connectivity index (χ3n) is 1.69. The first kappa shape index (κ1) is 12.5. The van der Waals surface area contributed by atoms with Crippen LogP contribution in [0.1, 0.15) is 7.43 Å². The Bertz CT molecular complexity index is 594. The van der Waals surface area contributed by atoms with Crippen LogP contribution < -0.4 is 0 Å². The zero-order valence-corrected chi connectivity index (χ0v) is 9.84. The fourth-order valence-corrected chi connectivity index (χ4v) is 2.35. The second kappa shape index (κ2) is 4.11. The van der Waals surface area contributed by atoms with Crippen LogP contribution in [-0.4, -0.2) is 17.8 Å². The van der Waals surface area contributed by atoms with E-state index in [9.17, 15) is 8.42 Å². The Kier molecular flexibility index (Phi) is 3.42.